The van der Waals surface area contributed by atoms with Crippen molar-refractivity contribution in [3.8, 4) is 0 Å². The van der Waals surface area contributed by atoms with Gasteiger partial charge < -0.3 is 4.90 Å². The summed E-state index contributed by atoms with van der Waals surface area (Å²) in [5, 5.41) is 0. The van der Waals surface area contributed by atoms with Crippen LogP contribution in [0.15, 0.2) is 12.1 Å². The van der Waals surface area contributed by atoms with Gasteiger partial charge in [-0.05, 0) is 63.9 Å². The molecule has 2 saturated heterocycles. The highest BCUT2D eigenvalue weighted by atomic mass is 19.1. The third-order valence-corrected chi connectivity index (χ3v) is 4.82. The van der Waals surface area contributed by atoms with E-state index in [1.54, 1.807) is 6.92 Å². The molecule has 1 aromatic carbocycles. The van der Waals surface area contributed by atoms with Gasteiger partial charge in [-0.3, -0.25) is 9.69 Å². The molecule has 2 fully saturated rings. The molecule has 4 heteroatoms. The van der Waals surface area contributed by atoms with Gasteiger partial charge >= 0.3 is 0 Å². The number of carbonyl (C=O) groups excluding carboxylic acids is 1. The summed E-state index contributed by atoms with van der Waals surface area (Å²) < 4.78 is 13.7. The standard InChI is InChI=1S/C17H23FN2O/c1-12-9-17(15(13(2)21)10-16(12)18)20-8-5-14(11-20)19-6-3-4-7-19/h9-10,14H,3-8,11H2,1-2H3. The van der Waals surface area contributed by atoms with Crippen LogP contribution >= 0.6 is 0 Å². The lowest BCUT2D eigenvalue weighted by Crippen LogP contribution is -2.35. The Morgan fingerprint density at radius 3 is 2.62 bits per heavy atom. The maximum Gasteiger partial charge on any atom is 0.161 e. The van der Waals surface area contributed by atoms with Crippen molar-refractivity contribution in [1.82, 2.24) is 4.90 Å². The van der Waals surface area contributed by atoms with Crippen LogP contribution in [0.5, 0.6) is 0 Å². The molecule has 1 aromatic rings. The Morgan fingerprint density at radius 2 is 1.95 bits per heavy atom. The van der Waals surface area contributed by atoms with Gasteiger partial charge in [-0.15, -0.1) is 0 Å². The van der Waals surface area contributed by atoms with E-state index in [4.69, 9.17) is 0 Å². The van der Waals surface area contributed by atoms with Gasteiger partial charge in [-0.1, -0.05) is 0 Å². The number of ketones is 1. The summed E-state index contributed by atoms with van der Waals surface area (Å²) in [6.45, 7) is 7.57. The third-order valence-electron chi connectivity index (χ3n) is 4.82. The molecule has 0 saturated carbocycles. The Hall–Kier alpha value is -1.42. The molecule has 3 rings (SSSR count). The van der Waals surface area contributed by atoms with Crippen molar-refractivity contribution in [2.45, 2.75) is 39.2 Å². The molecule has 114 valence electrons. The van der Waals surface area contributed by atoms with Crippen LogP contribution in [0.25, 0.3) is 0 Å². The molecule has 0 bridgehead atoms. The van der Waals surface area contributed by atoms with E-state index in [0.29, 0.717) is 17.2 Å². The maximum absolute atomic E-state index is 13.7. The van der Waals surface area contributed by atoms with Gasteiger partial charge in [0.05, 0.1) is 0 Å². The maximum atomic E-state index is 13.7. The monoisotopic (exact) mass is 290 g/mol. The smallest absolute Gasteiger partial charge is 0.161 e. The second kappa shape index (κ2) is 5.76. The Bertz CT molecular complexity index is 552. The first-order valence-corrected chi connectivity index (χ1v) is 7.86. The van der Waals surface area contributed by atoms with Gasteiger partial charge in [0.1, 0.15) is 5.82 Å². The minimum Gasteiger partial charge on any atom is -0.369 e. The van der Waals surface area contributed by atoms with Crippen LogP contribution in [-0.2, 0) is 0 Å². The van der Waals surface area contributed by atoms with E-state index >= 15 is 0 Å². The van der Waals surface area contributed by atoms with Crippen LogP contribution < -0.4 is 4.90 Å². The number of nitrogens with zero attached hydrogens (tertiary/aromatic N) is 2. The van der Waals surface area contributed by atoms with Crippen molar-refractivity contribution in [3.63, 3.8) is 0 Å². The molecule has 2 aliphatic rings. The summed E-state index contributed by atoms with van der Waals surface area (Å²) in [6, 6.07) is 3.81. The normalized spacial score (nSPS) is 23.0. The number of anilines is 1. The van der Waals surface area contributed by atoms with E-state index in [2.05, 4.69) is 9.80 Å². The quantitative estimate of drug-likeness (QED) is 0.800. The lowest BCUT2D eigenvalue weighted by molar-refractivity contribution is 0.101. The molecule has 2 aliphatic heterocycles. The fourth-order valence-corrected chi connectivity index (χ4v) is 3.58. The van der Waals surface area contributed by atoms with Gasteiger partial charge in [0.25, 0.3) is 0 Å². The molecule has 0 spiro atoms. The third kappa shape index (κ3) is 2.82. The fraction of sp³-hybridized carbons (Fsp3) is 0.588. The average molecular weight is 290 g/mol. The van der Waals surface area contributed by atoms with E-state index in [1.165, 1.54) is 38.9 Å². The predicted octanol–water partition coefficient (Wildman–Crippen LogP) is 3.01. The summed E-state index contributed by atoms with van der Waals surface area (Å²) >= 11 is 0. The Labute approximate surface area is 125 Å². The van der Waals surface area contributed by atoms with Crippen LogP contribution in [0.1, 0.15) is 42.1 Å². The summed E-state index contributed by atoms with van der Waals surface area (Å²) in [6.07, 6.45) is 3.73. The van der Waals surface area contributed by atoms with Gasteiger partial charge in [0.15, 0.2) is 5.78 Å². The van der Waals surface area contributed by atoms with E-state index in [9.17, 15) is 9.18 Å². The van der Waals surface area contributed by atoms with E-state index < -0.39 is 0 Å². The van der Waals surface area contributed by atoms with Crippen molar-refractivity contribution in [3.05, 3.63) is 29.1 Å². The summed E-state index contributed by atoms with van der Waals surface area (Å²) in [5.41, 5.74) is 2.03. The minimum atomic E-state index is -0.292. The van der Waals surface area contributed by atoms with Gasteiger partial charge in [-0.2, -0.15) is 0 Å². The van der Waals surface area contributed by atoms with Crippen LogP contribution in [-0.4, -0.2) is 42.9 Å². The van der Waals surface area contributed by atoms with Gasteiger partial charge in [-0.25, -0.2) is 4.39 Å². The van der Waals surface area contributed by atoms with E-state index in [-0.39, 0.29) is 11.6 Å². The number of aryl methyl sites for hydroxylation is 1. The zero-order valence-corrected chi connectivity index (χ0v) is 12.9. The highest BCUT2D eigenvalue weighted by Gasteiger charge is 2.30. The topological polar surface area (TPSA) is 23.6 Å². The molecule has 0 radical (unpaired) electrons. The van der Waals surface area contributed by atoms with Crippen molar-refractivity contribution < 1.29 is 9.18 Å². The second-order valence-electron chi connectivity index (χ2n) is 6.31. The van der Waals surface area contributed by atoms with Crippen LogP contribution in [0.3, 0.4) is 0 Å². The number of Topliss-reactive ketones (excluding diaryl/α,β-unsaturated/α-hetero) is 1. The molecule has 0 N–H and O–H groups in total. The van der Waals surface area contributed by atoms with Crippen molar-refractivity contribution >= 4 is 11.5 Å². The molecule has 3 nitrogen and oxygen atoms in total. The highest BCUT2D eigenvalue weighted by Crippen LogP contribution is 2.30. The minimum absolute atomic E-state index is 0.0616. The number of rotatable bonds is 3. The first kappa shape index (κ1) is 14.5. The SMILES string of the molecule is CC(=O)c1cc(F)c(C)cc1N1CCC(N2CCCC2)C1. The largest absolute Gasteiger partial charge is 0.369 e. The number of carbonyl (C=O) groups is 1. The number of hydrogen-bond donors (Lipinski definition) is 0. The van der Waals surface area contributed by atoms with E-state index in [0.717, 1.165) is 25.2 Å². The first-order chi connectivity index (χ1) is 10.1. The summed E-state index contributed by atoms with van der Waals surface area (Å²) in [4.78, 5) is 16.6. The number of benzene rings is 1. The number of halogens is 1. The van der Waals surface area contributed by atoms with Gasteiger partial charge in [0, 0.05) is 30.4 Å². The zero-order valence-electron chi connectivity index (χ0n) is 12.9. The van der Waals surface area contributed by atoms with Crippen molar-refractivity contribution in [2.24, 2.45) is 0 Å². The predicted molar refractivity (Wildman–Crippen MR) is 82.6 cm³/mol. The molecular weight excluding hydrogens is 267 g/mol. The lowest BCUT2D eigenvalue weighted by Gasteiger charge is -2.25. The Kier molecular flexibility index (Phi) is 3.98. The molecule has 0 aromatic heterocycles. The Balaban J connectivity index is 1.83. The molecule has 1 atom stereocenters. The van der Waals surface area contributed by atoms with Crippen molar-refractivity contribution in [2.75, 3.05) is 31.1 Å². The van der Waals surface area contributed by atoms with Crippen LogP contribution in [0, 0.1) is 12.7 Å². The number of likely N-dealkylation sites (tertiary alicyclic amines) is 1. The van der Waals surface area contributed by atoms with E-state index in [1.807, 2.05) is 6.07 Å². The fourth-order valence-electron chi connectivity index (χ4n) is 3.58. The Morgan fingerprint density at radius 1 is 1.24 bits per heavy atom. The lowest BCUT2D eigenvalue weighted by atomic mass is 10.0. The second-order valence-corrected chi connectivity index (χ2v) is 6.31. The van der Waals surface area contributed by atoms with Crippen molar-refractivity contribution in [1.29, 1.82) is 0 Å². The number of hydrogen-bond acceptors (Lipinski definition) is 3. The molecule has 2 heterocycles. The van der Waals surface area contributed by atoms with Crippen LogP contribution in [0.4, 0.5) is 10.1 Å². The molecule has 21 heavy (non-hydrogen) atoms. The summed E-state index contributed by atoms with van der Waals surface area (Å²) in [7, 11) is 0. The molecule has 1 unspecified atom stereocenters. The zero-order chi connectivity index (χ0) is 15.0. The highest BCUT2D eigenvalue weighted by molar-refractivity contribution is 6.00. The first-order valence-electron chi connectivity index (χ1n) is 7.86. The molecule has 0 aliphatic carbocycles. The molecular formula is C17H23FN2O. The van der Waals surface area contributed by atoms with Gasteiger partial charge in [0.2, 0.25) is 0 Å². The summed E-state index contributed by atoms with van der Waals surface area (Å²) in [5.74, 6) is -0.354. The van der Waals surface area contributed by atoms with Crippen LogP contribution in [0.2, 0.25) is 0 Å². The average Bonchev–Trinajstić information content (AvgIpc) is 3.10. The molecule has 0 amide bonds.